The average molecular weight is 881 g/mol. The first-order chi connectivity index (χ1) is 34.8. The Morgan fingerprint density at radius 2 is 0.286 bits per heavy atom. The normalized spacial score (nSPS) is 9.89. The highest BCUT2D eigenvalue weighted by Crippen LogP contribution is 2.23. The Morgan fingerprint density at radius 3 is 0.429 bits per heavy atom. The van der Waals surface area contributed by atoms with E-state index >= 15 is 0 Å². The highest BCUT2D eigenvalue weighted by atomic mass is 14.1. The molecule has 0 aliphatic rings. The second-order valence-corrected chi connectivity index (χ2v) is 16.2. The molecule has 0 unspecified atom stereocenters. The number of hydrogen-bond acceptors (Lipinski definition) is 0. The first-order valence-electron chi connectivity index (χ1n) is 23.0. The maximum absolute atomic E-state index is 3.58. The monoisotopic (exact) mass is 880 g/mol. The minimum atomic E-state index is 0.462. The van der Waals surface area contributed by atoms with Crippen LogP contribution in [0.25, 0.3) is 33.1 Å². The van der Waals surface area contributed by atoms with Gasteiger partial charge in [0.25, 0.3) is 0 Å². The van der Waals surface area contributed by atoms with Crippen LogP contribution in [0, 0.1) is 72.8 Å². The summed E-state index contributed by atoms with van der Waals surface area (Å²) in [5.74, 6) is 0. The number of hydrogen-bond donors (Lipinski definition) is 0. The van der Waals surface area contributed by atoms with E-state index in [0.29, 0.717) is 31.6 Å². The van der Waals surface area contributed by atoms with Crippen LogP contribution in [0.15, 0.2) is 243 Å². The summed E-state index contributed by atoms with van der Waals surface area (Å²) in [6, 6.07) is 125. The second-order valence-electron chi connectivity index (χ2n) is 16.2. The SMILES string of the molecule is c1c(=C(c2ccccc2)c2ccccc2)c#cc2c#cc(=C(c3ccccc3)c3ccccc3)c#cc(=C(c3ccccc3)c3ccccc3)c#cc2c#cc(=C(c2ccccc2)c2ccccc2)c#1. The molecule has 0 aliphatic carbocycles. The Balaban J connectivity index is 1.46. The van der Waals surface area contributed by atoms with Crippen molar-refractivity contribution in [2.24, 2.45) is 0 Å². The molecule has 10 rings (SSSR count). The summed E-state index contributed by atoms with van der Waals surface area (Å²) < 4.78 is 0. The van der Waals surface area contributed by atoms with Gasteiger partial charge in [0.15, 0.2) is 0 Å². The lowest BCUT2D eigenvalue weighted by molar-refractivity contribution is 1.49. The quantitative estimate of drug-likeness (QED) is 0.143. The Kier molecular flexibility index (Phi) is 13.4. The topological polar surface area (TPSA) is 0 Å². The first-order valence-corrected chi connectivity index (χ1v) is 23.0. The summed E-state index contributed by atoms with van der Waals surface area (Å²) in [5.41, 5.74) is 11.5. The van der Waals surface area contributed by atoms with E-state index in [1.54, 1.807) is 0 Å². The van der Waals surface area contributed by atoms with E-state index < -0.39 is 0 Å². The molecule has 0 bridgehead atoms. The molecule has 10 aromatic carbocycles. The molecule has 0 aliphatic heterocycles. The molecule has 0 radical (unpaired) electrons. The molecule has 0 amide bonds. The van der Waals surface area contributed by atoms with Crippen molar-refractivity contribution in [2.75, 3.05) is 0 Å². The highest BCUT2D eigenvalue weighted by Gasteiger charge is 2.10. The fourth-order valence-electron chi connectivity index (χ4n) is 8.35. The van der Waals surface area contributed by atoms with Crippen molar-refractivity contribution in [3.05, 3.63) is 381 Å². The van der Waals surface area contributed by atoms with Gasteiger partial charge in [0.1, 0.15) is 0 Å². The molecule has 0 nitrogen and oxygen atoms in total. The van der Waals surface area contributed by atoms with E-state index in [1.807, 2.05) is 146 Å². The Hall–Kier alpha value is -10.2. The third-order valence-electron chi connectivity index (χ3n) is 11.6. The van der Waals surface area contributed by atoms with Crippen LogP contribution in [0.2, 0.25) is 0 Å². The maximum Gasteiger partial charge on any atom is 0.0993 e. The van der Waals surface area contributed by atoms with Crippen molar-refractivity contribution in [1.82, 2.24) is 0 Å². The van der Waals surface area contributed by atoms with Crippen LogP contribution in [-0.2, 0) is 0 Å². The zero-order chi connectivity index (χ0) is 47.2. The molecule has 0 N–H and O–H groups in total. The summed E-state index contributed by atoms with van der Waals surface area (Å²) in [5, 5.41) is 3.42. The zero-order valence-corrected chi connectivity index (χ0v) is 38.1. The lowest BCUT2D eigenvalue weighted by atomic mass is 9.96. The van der Waals surface area contributed by atoms with E-state index in [0.717, 1.165) is 66.8 Å². The molecule has 0 heterocycles. The molecule has 320 valence electrons. The van der Waals surface area contributed by atoms with Gasteiger partial charge in [-0.2, -0.15) is 0 Å². The summed E-state index contributed by atoms with van der Waals surface area (Å²) in [6.45, 7) is 0. The van der Waals surface area contributed by atoms with Crippen LogP contribution in [0.5, 0.6) is 0 Å². The highest BCUT2D eigenvalue weighted by molar-refractivity contribution is 5.82. The number of rotatable bonds is 8. The molecule has 0 heteroatoms. The minimum absolute atomic E-state index is 0.462. The summed E-state index contributed by atoms with van der Waals surface area (Å²) in [7, 11) is 0. The van der Waals surface area contributed by atoms with Gasteiger partial charge in [0.2, 0.25) is 0 Å². The minimum Gasteiger partial charge on any atom is -0.0622 e. The predicted octanol–water partition coefficient (Wildman–Crippen LogP) is 11.7. The van der Waals surface area contributed by atoms with Crippen molar-refractivity contribution in [3.63, 3.8) is 0 Å². The van der Waals surface area contributed by atoms with E-state index in [1.165, 1.54) is 0 Å². The molecule has 0 saturated heterocycles. The Labute approximate surface area is 411 Å². The van der Waals surface area contributed by atoms with Crippen molar-refractivity contribution < 1.29 is 0 Å². The molecule has 0 atom stereocenters. The van der Waals surface area contributed by atoms with E-state index in [9.17, 15) is 0 Å². The fraction of sp³-hybridized carbons (Fsp3) is 0. The predicted molar refractivity (Wildman–Crippen MR) is 282 cm³/mol. The fourth-order valence-corrected chi connectivity index (χ4v) is 8.35. The van der Waals surface area contributed by atoms with E-state index in [-0.39, 0.29) is 0 Å². The standard InChI is InChI=1S/C70H40/c1-9-25-55(26-10-1)67(56-27-11-2-12-28-56)63-45-41-53-42-47-65(69(59-33-17-5-18-34-59)60-35-19-6-20-36-60)51-52-66(70(61-37-21-7-22-38-61)62-39-23-8-24-40-62)48-44-54(53)43-46-64(50-49-63)68(57-29-13-3-14-30-57)58-31-15-4-16-32-58/h1-40H. The average Bonchev–Trinajstić information content (AvgIpc) is 3.43. The van der Waals surface area contributed by atoms with Crippen LogP contribution in [0.3, 0.4) is 0 Å². The first kappa shape index (κ1) is 43.7. The van der Waals surface area contributed by atoms with Crippen molar-refractivity contribution in [3.8, 4) is 0 Å². The summed E-state index contributed by atoms with van der Waals surface area (Å²) >= 11 is 0. The van der Waals surface area contributed by atoms with Crippen molar-refractivity contribution in [1.29, 1.82) is 0 Å². The van der Waals surface area contributed by atoms with Crippen molar-refractivity contribution in [2.45, 2.75) is 0 Å². The third-order valence-corrected chi connectivity index (χ3v) is 11.6. The van der Waals surface area contributed by atoms with Crippen LogP contribution < -0.4 is 20.9 Å². The zero-order valence-electron chi connectivity index (χ0n) is 38.1. The Morgan fingerprint density at radius 1 is 0.157 bits per heavy atom. The van der Waals surface area contributed by atoms with Gasteiger partial charge in [-0.15, -0.1) is 0 Å². The maximum atomic E-state index is 3.58. The third kappa shape index (κ3) is 10.1. The van der Waals surface area contributed by atoms with Gasteiger partial charge in [0.05, 0.1) is 31.6 Å². The second kappa shape index (κ2) is 21.4. The molecule has 70 heavy (non-hydrogen) atoms. The Bertz CT molecular complexity index is 3070. The molecule has 0 saturated carbocycles. The van der Waals surface area contributed by atoms with Gasteiger partial charge in [-0.1, -0.05) is 291 Å². The number of benzene rings is 8. The van der Waals surface area contributed by atoms with E-state index in [4.69, 9.17) is 0 Å². The molecule has 10 aromatic rings. The van der Waals surface area contributed by atoms with Crippen molar-refractivity contribution >= 4 is 33.1 Å². The lowest BCUT2D eigenvalue weighted by Crippen LogP contribution is -2.08. The van der Waals surface area contributed by atoms with Crippen LogP contribution in [0.4, 0.5) is 0 Å². The van der Waals surface area contributed by atoms with Gasteiger partial charge >= 0.3 is 0 Å². The van der Waals surface area contributed by atoms with Gasteiger partial charge in [0, 0.05) is 22.3 Å². The molecular formula is C70H40. The van der Waals surface area contributed by atoms with E-state index in [2.05, 4.69) is 170 Å². The van der Waals surface area contributed by atoms with Gasteiger partial charge in [-0.3, -0.25) is 0 Å². The number of fused-ring (bicyclic) bond motifs is 1. The lowest BCUT2D eigenvalue weighted by Gasteiger charge is -2.07. The molecule has 0 aromatic heterocycles. The molecule has 0 fully saturated rings. The van der Waals surface area contributed by atoms with Gasteiger partial charge < -0.3 is 0 Å². The summed E-state index contributed by atoms with van der Waals surface area (Å²) in [4.78, 5) is 0. The molecule has 0 spiro atoms. The van der Waals surface area contributed by atoms with Crippen LogP contribution in [0.1, 0.15) is 44.5 Å². The molecular weight excluding hydrogens is 841 g/mol. The summed E-state index contributed by atoms with van der Waals surface area (Å²) in [6.07, 6.45) is 0. The van der Waals surface area contributed by atoms with Crippen LogP contribution >= 0.6 is 0 Å². The van der Waals surface area contributed by atoms with Crippen LogP contribution in [-0.4, -0.2) is 0 Å². The van der Waals surface area contributed by atoms with Gasteiger partial charge in [-0.25, -0.2) is 0 Å². The van der Waals surface area contributed by atoms with Gasteiger partial charge in [-0.05, 0) is 68.8 Å². The smallest absolute Gasteiger partial charge is 0.0622 e. The largest absolute Gasteiger partial charge is 0.0993 e.